The van der Waals surface area contributed by atoms with Crippen LogP contribution >= 0.6 is 11.8 Å². The first-order valence-electron chi connectivity index (χ1n) is 6.22. The minimum atomic E-state index is -0.959. The number of rotatable bonds is 4. The number of aliphatic hydroxyl groups is 1. The van der Waals surface area contributed by atoms with Gasteiger partial charge in [0.1, 0.15) is 0 Å². The third-order valence-electron chi connectivity index (χ3n) is 2.80. The monoisotopic (exact) mass is 283 g/mol. The number of thioether (sulfide) groups is 1. The summed E-state index contributed by atoms with van der Waals surface area (Å²) in [6, 6.07) is 3.17. The second kappa shape index (κ2) is 5.92. The van der Waals surface area contributed by atoms with E-state index in [1.807, 2.05) is 27.7 Å². The van der Waals surface area contributed by atoms with Gasteiger partial charge >= 0.3 is 5.97 Å². The van der Waals surface area contributed by atoms with Gasteiger partial charge in [0, 0.05) is 16.4 Å². The molecule has 0 aliphatic heterocycles. The van der Waals surface area contributed by atoms with E-state index in [-0.39, 0.29) is 16.2 Å². The molecule has 0 aliphatic carbocycles. The first-order valence-corrected chi connectivity index (χ1v) is 7.10. The number of aromatic carboxylic acids is 1. The maximum absolute atomic E-state index is 11.2. The molecule has 1 rings (SSSR count). The molecule has 0 saturated heterocycles. The predicted octanol–water partition coefficient (Wildman–Crippen LogP) is 2.94. The van der Waals surface area contributed by atoms with Gasteiger partial charge in [0.2, 0.25) is 0 Å². The Bertz CT molecular complexity index is 466. The standard InChI is InChI=1S/C14H21NO3S/c1-8(16)9(2)19-12-7-10(13(17)18)6-11(15-12)14(3,4)5/h6-9,16H,1-5H3,(H,17,18). The van der Waals surface area contributed by atoms with Gasteiger partial charge in [-0.2, -0.15) is 0 Å². The summed E-state index contributed by atoms with van der Waals surface area (Å²) >= 11 is 1.39. The van der Waals surface area contributed by atoms with Crippen molar-refractivity contribution in [3.05, 3.63) is 23.4 Å². The molecular weight excluding hydrogens is 262 g/mol. The van der Waals surface area contributed by atoms with Gasteiger partial charge in [-0.1, -0.05) is 27.7 Å². The molecule has 19 heavy (non-hydrogen) atoms. The maximum Gasteiger partial charge on any atom is 0.335 e. The lowest BCUT2D eigenvalue weighted by atomic mass is 9.91. The number of pyridine rings is 1. The van der Waals surface area contributed by atoms with E-state index < -0.39 is 12.1 Å². The molecule has 0 spiro atoms. The molecule has 2 atom stereocenters. The van der Waals surface area contributed by atoms with E-state index in [4.69, 9.17) is 5.11 Å². The van der Waals surface area contributed by atoms with E-state index in [1.54, 1.807) is 19.1 Å². The van der Waals surface area contributed by atoms with Gasteiger partial charge < -0.3 is 10.2 Å². The summed E-state index contributed by atoms with van der Waals surface area (Å²) in [5, 5.41) is 19.3. The van der Waals surface area contributed by atoms with Crippen LogP contribution in [0.1, 0.15) is 50.7 Å². The molecule has 0 bridgehead atoms. The second-order valence-electron chi connectivity index (χ2n) is 5.70. The smallest absolute Gasteiger partial charge is 0.335 e. The Morgan fingerprint density at radius 2 is 1.89 bits per heavy atom. The largest absolute Gasteiger partial charge is 0.478 e. The van der Waals surface area contributed by atoms with Crippen molar-refractivity contribution in [3.8, 4) is 0 Å². The number of carboxylic acids is 1. The van der Waals surface area contributed by atoms with E-state index >= 15 is 0 Å². The number of hydrogen-bond acceptors (Lipinski definition) is 4. The zero-order valence-electron chi connectivity index (χ0n) is 12.0. The van der Waals surface area contributed by atoms with Crippen LogP contribution in [0.2, 0.25) is 0 Å². The highest BCUT2D eigenvalue weighted by Crippen LogP contribution is 2.28. The highest BCUT2D eigenvalue weighted by atomic mass is 32.2. The van der Waals surface area contributed by atoms with E-state index in [2.05, 4.69) is 4.98 Å². The van der Waals surface area contributed by atoms with Crippen LogP contribution in [0, 0.1) is 0 Å². The molecule has 1 heterocycles. The molecule has 0 aromatic carbocycles. The molecule has 1 aromatic rings. The van der Waals surface area contributed by atoms with Crippen LogP contribution in [-0.2, 0) is 5.41 Å². The van der Waals surface area contributed by atoms with Crippen LogP contribution < -0.4 is 0 Å². The highest BCUT2D eigenvalue weighted by molar-refractivity contribution is 7.99. The topological polar surface area (TPSA) is 70.4 Å². The lowest BCUT2D eigenvalue weighted by Crippen LogP contribution is -2.18. The molecule has 0 saturated carbocycles. The predicted molar refractivity (Wildman–Crippen MR) is 76.9 cm³/mol. The Labute approximate surface area is 118 Å². The second-order valence-corrected chi connectivity index (χ2v) is 7.10. The van der Waals surface area contributed by atoms with Crippen molar-refractivity contribution >= 4 is 17.7 Å². The maximum atomic E-state index is 11.2. The summed E-state index contributed by atoms with van der Waals surface area (Å²) in [5.41, 5.74) is 0.766. The van der Waals surface area contributed by atoms with E-state index in [9.17, 15) is 9.90 Å². The summed E-state index contributed by atoms with van der Waals surface area (Å²) in [5.74, 6) is -0.959. The Hall–Kier alpha value is -1.07. The van der Waals surface area contributed by atoms with Gasteiger partial charge in [-0.3, -0.25) is 0 Å². The molecule has 1 aromatic heterocycles. The zero-order chi connectivity index (χ0) is 14.8. The van der Waals surface area contributed by atoms with Crippen molar-refractivity contribution in [2.75, 3.05) is 0 Å². The Kier molecular flexibility index (Phi) is 4.98. The number of aliphatic hydroxyl groups excluding tert-OH is 1. The number of nitrogens with zero attached hydrogens (tertiary/aromatic N) is 1. The fourth-order valence-electron chi connectivity index (χ4n) is 1.36. The third kappa shape index (κ3) is 4.51. The summed E-state index contributed by atoms with van der Waals surface area (Å²) < 4.78 is 0. The minimum absolute atomic E-state index is 0.0376. The Morgan fingerprint density at radius 3 is 2.32 bits per heavy atom. The highest BCUT2D eigenvalue weighted by Gasteiger charge is 2.20. The van der Waals surface area contributed by atoms with Crippen LogP contribution in [0.5, 0.6) is 0 Å². The molecule has 0 radical (unpaired) electrons. The fraction of sp³-hybridized carbons (Fsp3) is 0.571. The number of hydrogen-bond donors (Lipinski definition) is 2. The van der Waals surface area contributed by atoms with Gasteiger partial charge in [-0.25, -0.2) is 9.78 Å². The van der Waals surface area contributed by atoms with Gasteiger partial charge in [0.05, 0.1) is 16.7 Å². The van der Waals surface area contributed by atoms with E-state index in [0.717, 1.165) is 5.69 Å². The van der Waals surface area contributed by atoms with Crippen LogP contribution in [0.15, 0.2) is 17.2 Å². The number of carbonyl (C=O) groups is 1. The van der Waals surface area contributed by atoms with Crippen LogP contribution in [0.25, 0.3) is 0 Å². The molecule has 0 fully saturated rings. The molecule has 0 amide bonds. The number of carboxylic acid groups (broad SMARTS) is 1. The summed E-state index contributed by atoms with van der Waals surface area (Å²) in [6.07, 6.45) is -0.474. The Balaban J connectivity index is 3.17. The van der Waals surface area contributed by atoms with Crippen LogP contribution in [0.3, 0.4) is 0 Å². The molecule has 2 unspecified atom stereocenters. The molecule has 4 nitrogen and oxygen atoms in total. The zero-order valence-corrected chi connectivity index (χ0v) is 12.8. The first kappa shape index (κ1) is 16.0. The van der Waals surface area contributed by atoms with Gasteiger partial charge in [0.15, 0.2) is 0 Å². The van der Waals surface area contributed by atoms with Crippen molar-refractivity contribution in [3.63, 3.8) is 0 Å². The lowest BCUT2D eigenvalue weighted by Gasteiger charge is -2.20. The summed E-state index contributed by atoms with van der Waals surface area (Å²) in [6.45, 7) is 9.58. The Morgan fingerprint density at radius 1 is 1.32 bits per heavy atom. The number of aromatic nitrogens is 1. The van der Waals surface area contributed by atoms with Crippen molar-refractivity contribution in [2.45, 2.75) is 56.4 Å². The van der Waals surface area contributed by atoms with Crippen molar-refractivity contribution in [2.24, 2.45) is 0 Å². The lowest BCUT2D eigenvalue weighted by molar-refractivity contribution is 0.0696. The van der Waals surface area contributed by atoms with Crippen molar-refractivity contribution in [1.82, 2.24) is 4.98 Å². The van der Waals surface area contributed by atoms with E-state index in [1.165, 1.54) is 11.8 Å². The first-order chi connectivity index (χ1) is 8.61. The average Bonchev–Trinajstić information content (AvgIpc) is 2.27. The molecular formula is C14H21NO3S. The molecule has 5 heteroatoms. The van der Waals surface area contributed by atoms with Crippen molar-refractivity contribution < 1.29 is 15.0 Å². The van der Waals surface area contributed by atoms with Crippen LogP contribution in [-0.4, -0.2) is 32.5 Å². The molecule has 2 N–H and O–H groups in total. The van der Waals surface area contributed by atoms with Gasteiger partial charge in [0.25, 0.3) is 0 Å². The summed E-state index contributed by atoms with van der Waals surface area (Å²) in [7, 11) is 0. The van der Waals surface area contributed by atoms with Gasteiger partial charge in [-0.15, -0.1) is 11.8 Å². The van der Waals surface area contributed by atoms with Crippen molar-refractivity contribution in [1.29, 1.82) is 0 Å². The average molecular weight is 283 g/mol. The molecule has 0 aliphatic rings. The molecule has 106 valence electrons. The van der Waals surface area contributed by atoms with E-state index in [0.29, 0.717) is 5.03 Å². The SMILES string of the molecule is CC(O)C(C)Sc1cc(C(=O)O)cc(C(C)(C)C)n1. The quantitative estimate of drug-likeness (QED) is 0.831. The third-order valence-corrected chi connectivity index (χ3v) is 4.02. The summed E-state index contributed by atoms with van der Waals surface area (Å²) in [4.78, 5) is 15.7. The fourth-order valence-corrected chi connectivity index (χ4v) is 2.29. The van der Waals surface area contributed by atoms with Gasteiger partial charge in [-0.05, 0) is 19.1 Å². The van der Waals surface area contributed by atoms with Crippen LogP contribution in [0.4, 0.5) is 0 Å². The minimum Gasteiger partial charge on any atom is -0.478 e. The normalized spacial score (nSPS) is 15.1.